The van der Waals surface area contributed by atoms with Crippen molar-refractivity contribution in [2.75, 3.05) is 0 Å². The van der Waals surface area contributed by atoms with Gasteiger partial charge in [-0.1, -0.05) is 5.16 Å². The number of hydrogen-bond donors (Lipinski definition) is 0. The number of aromatic nitrogens is 4. The van der Waals surface area contributed by atoms with Crippen molar-refractivity contribution in [2.24, 2.45) is 0 Å². The molecule has 16 heavy (non-hydrogen) atoms. The summed E-state index contributed by atoms with van der Waals surface area (Å²) in [5.74, 6) is 0.233. The maximum Gasteiger partial charge on any atom is 0.237 e. The van der Waals surface area contributed by atoms with Gasteiger partial charge < -0.3 is 4.52 Å². The Balaban J connectivity index is 2.30. The topological polar surface area (TPSA) is 81.8 Å². The van der Waals surface area contributed by atoms with Crippen LogP contribution in [0.4, 0.5) is 0 Å². The third-order valence-electron chi connectivity index (χ3n) is 2.21. The molecule has 0 fully saturated rings. The summed E-state index contributed by atoms with van der Waals surface area (Å²) in [6.07, 6.45) is 4.63. The van der Waals surface area contributed by atoms with Crippen molar-refractivity contribution in [3.8, 4) is 11.5 Å². The minimum atomic E-state index is -0.391. The molecule has 6 heteroatoms. The molecule has 1 atom stereocenters. The summed E-state index contributed by atoms with van der Waals surface area (Å²) in [7, 11) is 0. The van der Waals surface area contributed by atoms with Crippen LogP contribution in [0.15, 0.2) is 23.1 Å². The Bertz CT molecular complexity index is 495. The van der Waals surface area contributed by atoms with Crippen LogP contribution in [0.1, 0.15) is 25.7 Å². The van der Waals surface area contributed by atoms with Crippen molar-refractivity contribution in [2.45, 2.75) is 19.8 Å². The molecule has 2 heterocycles. The van der Waals surface area contributed by atoms with E-state index in [1.165, 1.54) is 13.1 Å². The van der Waals surface area contributed by atoms with Gasteiger partial charge in [-0.15, -0.1) is 0 Å². The van der Waals surface area contributed by atoms with Gasteiger partial charge >= 0.3 is 0 Å². The molecule has 0 aliphatic carbocycles. The van der Waals surface area contributed by atoms with Gasteiger partial charge in [-0.3, -0.25) is 9.78 Å². The largest absolute Gasteiger partial charge is 0.338 e. The molecule has 0 saturated carbocycles. The summed E-state index contributed by atoms with van der Waals surface area (Å²) in [5.41, 5.74) is 0.522. The Morgan fingerprint density at radius 1 is 1.44 bits per heavy atom. The standard InChI is InChI=1S/C10H10N4O2/c1-6(7(2)15)10-13-9(14-16-10)8-5-11-3-4-12-8/h3-6H,1-2H3. The lowest BCUT2D eigenvalue weighted by molar-refractivity contribution is -0.118. The highest BCUT2D eigenvalue weighted by Crippen LogP contribution is 2.17. The van der Waals surface area contributed by atoms with Crippen molar-refractivity contribution in [3.63, 3.8) is 0 Å². The Labute approximate surface area is 91.7 Å². The molecule has 6 nitrogen and oxygen atoms in total. The zero-order valence-corrected chi connectivity index (χ0v) is 8.91. The van der Waals surface area contributed by atoms with Crippen LogP contribution in [0.5, 0.6) is 0 Å². The molecule has 0 bridgehead atoms. The van der Waals surface area contributed by atoms with Crippen molar-refractivity contribution >= 4 is 5.78 Å². The van der Waals surface area contributed by atoms with E-state index in [0.717, 1.165) is 0 Å². The number of hydrogen-bond acceptors (Lipinski definition) is 6. The van der Waals surface area contributed by atoms with E-state index < -0.39 is 5.92 Å². The number of Topliss-reactive ketones (excluding diaryl/α,β-unsaturated/α-hetero) is 1. The first-order chi connectivity index (χ1) is 7.68. The summed E-state index contributed by atoms with van der Waals surface area (Å²) >= 11 is 0. The van der Waals surface area contributed by atoms with E-state index in [1.54, 1.807) is 19.3 Å². The maximum atomic E-state index is 11.1. The van der Waals surface area contributed by atoms with Gasteiger partial charge in [0.05, 0.1) is 12.1 Å². The highest BCUT2D eigenvalue weighted by atomic mass is 16.5. The molecule has 2 rings (SSSR count). The summed E-state index contributed by atoms with van der Waals surface area (Å²) in [6, 6.07) is 0. The van der Waals surface area contributed by atoms with Gasteiger partial charge in [-0.2, -0.15) is 4.98 Å². The normalized spacial score (nSPS) is 12.4. The molecule has 0 aliphatic rings. The molecule has 82 valence electrons. The van der Waals surface area contributed by atoms with Gasteiger partial charge in [0.1, 0.15) is 11.5 Å². The van der Waals surface area contributed by atoms with Crippen LogP contribution in [-0.2, 0) is 4.79 Å². The SMILES string of the molecule is CC(=O)C(C)c1nc(-c2cnccn2)no1. The quantitative estimate of drug-likeness (QED) is 0.770. The van der Waals surface area contributed by atoms with E-state index in [-0.39, 0.29) is 5.78 Å². The predicted octanol–water partition coefficient (Wildman–Crippen LogP) is 1.22. The second kappa shape index (κ2) is 4.18. The first-order valence-electron chi connectivity index (χ1n) is 4.79. The van der Waals surface area contributed by atoms with E-state index in [1.807, 2.05) is 0 Å². The molecule has 0 N–H and O–H groups in total. The summed E-state index contributed by atoms with van der Waals surface area (Å²) in [4.78, 5) is 23.2. The van der Waals surface area contributed by atoms with Gasteiger partial charge in [0.2, 0.25) is 11.7 Å². The van der Waals surface area contributed by atoms with E-state index in [9.17, 15) is 4.79 Å². The monoisotopic (exact) mass is 218 g/mol. The van der Waals surface area contributed by atoms with E-state index >= 15 is 0 Å². The van der Waals surface area contributed by atoms with Crippen LogP contribution in [0.25, 0.3) is 11.5 Å². The van der Waals surface area contributed by atoms with E-state index in [4.69, 9.17) is 4.52 Å². The molecule has 2 aromatic rings. The smallest absolute Gasteiger partial charge is 0.237 e. The summed E-state index contributed by atoms with van der Waals surface area (Å²) < 4.78 is 4.99. The highest BCUT2D eigenvalue weighted by Gasteiger charge is 2.19. The van der Waals surface area contributed by atoms with Crippen LogP contribution in [0, 0.1) is 0 Å². The first-order valence-corrected chi connectivity index (χ1v) is 4.79. The van der Waals surface area contributed by atoms with Crippen molar-refractivity contribution in [1.29, 1.82) is 0 Å². The highest BCUT2D eigenvalue weighted by molar-refractivity contribution is 5.81. The first kappa shape index (κ1) is 10.4. The molecule has 0 saturated heterocycles. The average Bonchev–Trinajstić information content (AvgIpc) is 2.78. The van der Waals surface area contributed by atoms with Crippen LogP contribution in [0.2, 0.25) is 0 Å². The molecule has 1 unspecified atom stereocenters. The zero-order valence-electron chi connectivity index (χ0n) is 8.91. The van der Waals surface area contributed by atoms with E-state index in [2.05, 4.69) is 20.1 Å². The summed E-state index contributed by atoms with van der Waals surface area (Å²) in [6.45, 7) is 3.20. The van der Waals surface area contributed by atoms with Crippen LogP contribution in [-0.4, -0.2) is 25.9 Å². The lowest BCUT2D eigenvalue weighted by Gasteiger charge is -1.97. The molecular weight excluding hydrogens is 208 g/mol. The maximum absolute atomic E-state index is 11.1. The Morgan fingerprint density at radius 3 is 2.88 bits per heavy atom. The minimum Gasteiger partial charge on any atom is -0.338 e. The fourth-order valence-corrected chi connectivity index (χ4v) is 1.10. The number of nitrogens with zero attached hydrogens (tertiary/aromatic N) is 4. The Kier molecular flexibility index (Phi) is 2.72. The minimum absolute atomic E-state index is 0.0191. The van der Waals surface area contributed by atoms with Crippen LogP contribution >= 0.6 is 0 Å². The average molecular weight is 218 g/mol. The van der Waals surface area contributed by atoms with Gasteiger partial charge in [0.25, 0.3) is 0 Å². The molecule has 0 amide bonds. The molecule has 0 aliphatic heterocycles. The van der Waals surface area contributed by atoms with Gasteiger partial charge in [0, 0.05) is 12.4 Å². The molecule has 2 aromatic heterocycles. The van der Waals surface area contributed by atoms with Crippen molar-refractivity contribution in [1.82, 2.24) is 20.1 Å². The number of rotatable bonds is 3. The lowest BCUT2D eigenvalue weighted by Crippen LogP contribution is -2.04. The Hall–Kier alpha value is -2.11. The van der Waals surface area contributed by atoms with Crippen molar-refractivity contribution in [3.05, 3.63) is 24.5 Å². The Morgan fingerprint density at radius 2 is 2.25 bits per heavy atom. The zero-order chi connectivity index (χ0) is 11.5. The predicted molar refractivity (Wildman–Crippen MR) is 54.4 cm³/mol. The van der Waals surface area contributed by atoms with Crippen LogP contribution < -0.4 is 0 Å². The summed E-state index contributed by atoms with van der Waals surface area (Å²) in [5, 5.41) is 3.75. The molecule has 0 aromatic carbocycles. The van der Waals surface area contributed by atoms with Gasteiger partial charge in [0.15, 0.2) is 0 Å². The third-order valence-corrected chi connectivity index (χ3v) is 2.21. The van der Waals surface area contributed by atoms with Gasteiger partial charge in [-0.05, 0) is 13.8 Å². The molecular formula is C10H10N4O2. The molecule has 0 radical (unpaired) electrons. The number of carbonyl (C=O) groups excluding carboxylic acids is 1. The van der Waals surface area contributed by atoms with Crippen LogP contribution in [0.3, 0.4) is 0 Å². The van der Waals surface area contributed by atoms with Gasteiger partial charge in [-0.25, -0.2) is 4.98 Å². The third kappa shape index (κ3) is 1.95. The fraction of sp³-hybridized carbons (Fsp3) is 0.300. The number of ketones is 1. The van der Waals surface area contributed by atoms with E-state index in [0.29, 0.717) is 17.4 Å². The lowest BCUT2D eigenvalue weighted by atomic mass is 10.1. The van der Waals surface area contributed by atoms with Crippen molar-refractivity contribution < 1.29 is 9.32 Å². The second-order valence-electron chi connectivity index (χ2n) is 3.38. The second-order valence-corrected chi connectivity index (χ2v) is 3.38. The fourth-order valence-electron chi connectivity index (χ4n) is 1.10. The number of carbonyl (C=O) groups is 1. The molecule has 0 spiro atoms.